The number of benzene rings is 1. The lowest BCUT2D eigenvalue weighted by Gasteiger charge is -2.11. The van der Waals surface area contributed by atoms with Gasteiger partial charge in [-0.15, -0.1) is 0 Å². The molecule has 5 nitrogen and oxygen atoms in total. The van der Waals surface area contributed by atoms with Crippen LogP contribution in [0.1, 0.15) is 31.2 Å². The molecule has 0 aliphatic heterocycles. The van der Waals surface area contributed by atoms with Crippen molar-refractivity contribution >= 4 is 17.5 Å². The fourth-order valence-electron chi connectivity index (χ4n) is 2.48. The maximum absolute atomic E-state index is 11.8. The molecule has 1 aromatic rings. The molecule has 1 saturated carbocycles. The molecule has 0 atom stereocenters. The van der Waals surface area contributed by atoms with Crippen molar-refractivity contribution in [2.45, 2.75) is 38.1 Å². The Hall–Kier alpha value is -1.88. The zero-order chi connectivity index (χ0) is 14.4. The molecule has 1 fully saturated rings. The zero-order valence-corrected chi connectivity index (χ0v) is 11.5. The van der Waals surface area contributed by atoms with Crippen LogP contribution in [0.3, 0.4) is 0 Å². The SMILES string of the molecule is NC(=O)Cc1ccc(NC(=O)CNC2CCCC2)cc1. The molecule has 0 heterocycles. The second-order valence-corrected chi connectivity index (χ2v) is 5.25. The van der Waals surface area contributed by atoms with Crippen LogP contribution in [0.2, 0.25) is 0 Å². The number of carbonyl (C=O) groups is 2. The van der Waals surface area contributed by atoms with E-state index in [0.717, 1.165) is 24.1 Å². The molecule has 1 aliphatic carbocycles. The summed E-state index contributed by atoms with van der Waals surface area (Å²) in [6.07, 6.45) is 5.04. The monoisotopic (exact) mass is 275 g/mol. The van der Waals surface area contributed by atoms with Gasteiger partial charge in [-0.05, 0) is 30.5 Å². The quantitative estimate of drug-likeness (QED) is 0.729. The Kier molecular flexibility index (Phi) is 5.12. The first-order valence-corrected chi connectivity index (χ1v) is 7.04. The summed E-state index contributed by atoms with van der Waals surface area (Å²) in [5, 5.41) is 6.09. The minimum absolute atomic E-state index is 0.0421. The average Bonchev–Trinajstić information content (AvgIpc) is 2.91. The number of hydrogen-bond acceptors (Lipinski definition) is 3. The summed E-state index contributed by atoms with van der Waals surface area (Å²) in [6.45, 7) is 0.341. The van der Waals surface area contributed by atoms with Crippen molar-refractivity contribution in [1.29, 1.82) is 0 Å². The molecular weight excluding hydrogens is 254 g/mol. The van der Waals surface area contributed by atoms with Crippen molar-refractivity contribution in [2.75, 3.05) is 11.9 Å². The molecule has 0 saturated heterocycles. The third kappa shape index (κ3) is 4.66. The van der Waals surface area contributed by atoms with Crippen molar-refractivity contribution < 1.29 is 9.59 Å². The van der Waals surface area contributed by atoms with Crippen molar-refractivity contribution in [3.8, 4) is 0 Å². The molecule has 20 heavy (non-hydrogen) atoms. The van der Waals surface area contributed by atoms with Crippen LogP contribution < -0.4 is 16.4 Å². The number of nitrogens with two attached hydrogens (primary N) is 1. The highest BCUT2D eigenvalue weighted by molar-refractivity contribution is 5.92. The number of rotatable bonds is 6. The minimum Gasteiger partial charge on any atom is -0.369 e. The molecule has 0 radical (unpaired) electrons. The van der Waals surface area contributed by atoms with E-state index in [0.29, 0.717) is 12.6 Å². The van der Waals surface area contributed by atoms with Gasteiger partial charge in [-0.1, -0.05) is 25.0 Å². The van der Waals surface area contributed by atoms with Crippen molar-refractivity contribution in [3.63, 3.8) is 0 Å². The van der Waals surface area contributed by atoms with Gasteiger partial charge >= 0.3 is 0 Å². The molecule has 2 rings (SSSR count). The predicted molar refractivity (Wildman–Crippen MR) is 78.2 cm³/mol. The number of amides is 2. The molecule has 0 aromatic heterocycles. The van der Waals surface area contributed by atoms with Crippen molar-refractivity contribution in [3.05, 3.63) is 29.8 Å². The Morgan fingerprint density at radius 2 is 1.80 bits per heavy atom. The van der Waals surface area contributed by atoms with E-state index < -0.39 is 0 Å². The second-order valence-electron chi connectivity index (χ2n) is 5.25. The van der Waals surface area contributed by atoms with E-state index in [4.69, 9.17) is 5.73 Å². The van der Waals surface area contributed by atoms with Crippen LogP contribution in [-0.4, -0.2) is 24.4 Å². The number of hydrogen-bond donors (Lipinski definition) is 3. The van der Waals surface area contributed by atoms with E-state index in [1.54, 1.807) is 24.3 Å². The molecular formula is C15H21N3O2. The molecule has 0 bridgehead atoms. The highest BCUT2D eigenvalue weighted by atomic mass is 16.2. The highest BCUT2D eigenvalue weighted by Crippen LogP contribution is 2.17. The van der Waals surface area contributed by atoms with Gasteiger partial charge in [-0.2, -0.15) is 0 Å². The minimum atomic E-state index is -0.359. The van der Waals surface area contributed by atoms with Gasteiger partial charge in [0.25, 0.3) is 0 Å². The standard InChI is InChI=1S/C15H21N3O2/c16-14(19)9-11-5-7-13(8-6-11)18-15(20)10-17-12-3-1-2-4-12/h5-8,12,17H,1-4,9-10H2,(H2,16,19)(H,18,20). The smallest absolute Gasteiger partial charge is 0.238 e. The van der Waals surface area contributed by atoms with Crippen LogP contribution in [-0.2, 0) is 16.0 Å². The summed E-state index contributed by atoms with van der Waals surface area (Å²) in [7, 11) is 0. The lowest BCUT2D eigenvalue weighted by Crippen LogP contribution is -2.34. The number of anilines is 1. The topological polar surface area (TPSA) is 84.2 Å². The Bertz CT molecular complexity index is 465. The fraction of sp³-hybridized carbons (Fsp3) is 0.467. The normalized spacial score (nSPS) is 15.2. The van der Waals surface area contributed by atoms with Gasteiger partial charge in [0.05, 0.1) is 13.0 Å². The molecule has 1 aromatic carbocycles. The number of carbonyl (C=O) groups excluding carboxylic acids is 2. The summed E-state index contributed by atoms with van der Waals surface area (Å²) in [5.41, 5.74) is 6.71. The lowest BCUT2D eigenvalue weighted by atomic mass is 10.1. The van der Waals surface area contributed by atoms with E-state index in [2.05, 4.69) is 10.6 Å². The first-order valence-electron chi connectivity index (χ1n) is 7.04. The molecule has 1 aliphatic rings. The van der Waals surface area contributed by atoms with Crippen LogP contribution in [0.15, 0.2) is 24.3 Å². The van der Waals surface area contributed by atoms with Crippen molar-refractivity contribution in [2.24, 2.45) is 5.73 Å². The third-order valence-electron chi connectivity index (χ3n) is 3.52. The molecule has 0 spiro atoms. The maximum atomic E-state index is 11.8. The van der Waals surface area contributed by atoms with E-state index in [-0.39, 0.29) is 18.2 Å². The Morgan fingerprint density at radius 1 is 1.15 bits per heavy atom. The van der Waals surface area contributed by atoms with Gasteiger partial charge in [0.1, 0.15) is 0 Å². The summed E-state index contributed by atoms with van der Waals surface area (Å²) in [5.74, 6) is -0.401. The molecule has 5 heteroatoms. The summed E-state index contributed by atoms with van der Waals surface area (Å²) < 4.78 is 0. The van der Waals surface area contributed by atoms with E-state index in [9.17, 15) is 9.59 Å². The second kappa shape index (κ2) is 7.05. The Morgan fingerprint density at radius 3 is 2.40 bits per heavy atom. The maximum Gasteiger partial charge on any atom is 0.238 e. The molecule has 108 valence electrons. The van der Waals surface area contributed by atoms with Gasteiger partial charge < -0.3 is 16.4 Å². The number of nitrogens with one attached hydrogen (secondary N) is 2. The van der Waals surface area contributed by atoms with Crippen LogP contribution in [0.5, 0.6) is 0 Å². The van der Waals surface area contributed by atoms with Crippen LogP contribution in [0.4, 0.5) is 5.69 Å². The van der Waals surface area contributed by atoms with Gasteiger partial charge in [0.15, 0.2) is 0 Å². The largest absolute Gasteiger partial charge is 0.369 e. The summed E-state index contributed by atoms with van der Waals surface area (Å²) >= 11 is 0. The Balaban J connectivity index is 1.76. The molecule has 0 unspecified atom stereocenters. The van der Waals surface area contributed by atoms with Crippen LogP contribution in [0.25, 0.3) is 0 Å². The summed E-state index contributed by atoms with van der Waals surface area (Å²) in [4.78, 5) is 22.6. The van der Waals surface area contributed by atoms with Gasteiger partial charge in [-0.25, -0.2) is 0 Å². The van der Waals surface area contributed by atoms with E-state index in [1.807, 2.05) is 0 Å². The van der Waals surface area contributed by atoms with Crippen LogP contribution in [0, 0.1) is 0 Å². The van der Waals surface area contributed by atoms with Crippen molar-refractivity contribution in [1.82, 2.24) is 5.32 Å². The zero-order valence-electron chi connectivity index (χ0n) is 11.5. The lowest BCUT2D eigenvalue weighted by molar-refractivity contribution is -0.117. The molecule has 2 amide bonds. The first kappa shape index (κ1) is 14.5. The predicted octanol–water partition coefficient (Wildman–Crippen LogP) is 1.19. The van der Waals surface area contributed by atoms with E-state index in [1.165, 1.54) is 12.8 Å². The summed E-state index contributed by atoms with van der Waals surface area (Å²) in [6, 6.07) is 7.64. The molecule has 4 N–H and O–H groups in total. The van der Waals surface area contributed by atoms with Gasteiger partial charge in [0.2, 0.25) is 11.8 Å². The van der Waals surface area contributed by atoms with Gasteiger partial charge in [0, 0.05) is 11.7 Å². The third-order valence-corrected chi connectivity index (χ3v) is 3.52. The highest BCUT2D eigenvalue weighted by Gasteiger charge is 2.15. The van der Waals surface area contributed by atoms with Gasteiger partial charge in [-0.3, -0.25) is 9.59 Å². The van der Waals surface area contributed by atoms with E-state index >= 15 is 0 Å². The fourth-order valence-corrected chi connectivity index (χ4v) is 2.48. The average molecular weight is 275 g/mol. The first-order chi connectivity index (χ1) is 9.63. The Labute approximate surface area is 118 Å². The van der Waals surface area contributed by atoms with Crippen LogP contribution >= 0.6 is 0 Å². The number of primary amides is 1.